The minimum absolute atomic E-state index is 0.0792. The van der Waals surface area contributed by atoms with E-state index in [0.717, 1.165) is 40.7 Å². The van der Waals surface area contributed by atoms with E-state index >= 15 is 0 Å². The SMILES string of the molecule is Cc1c(C)c(C)c(C(=O)N[C@H]2CO[C@H]3[C@@H]2OC[C@@H]3NC(=O)C2CC2)c(C)c1C. The van der Waals surface area contributed by atoms with Gasteiger partial charge in [-0.1, -0.05) is 0 Å². The largest absolute Gasteiger partial charge is 0.371 e. The molecule has 3 aliphatic rings. The quantitative estimate of drug-likeness (QED) is 0.830. The van der Waals surface area contributed by atoms with Gasteiger partial charge in [-0.15, -0.1) is 0 Å². The van der Waals surface area contributed by atoms with Crippen LogP contribution in [0.2, 0.25) is 0 Å². The van der Waals surface area contributed by atoms with Crippen LogP contribution < -0.4 is 10.6 Å². The van der Waals surface area contributed by atoms with E-state index in [4.69, 9.17) is 9.47 Å². The molecule has 1 aromatic carbocycles. The molecule has 1 aromatic rings. The van der Waals surface area contributed by atoms with Crippen LogP contribution in [0.4, 0.5) is 0 Å². The van der Waals surface area contributed by atoms with E-state index in [1.807, 2.05) is 13.8 Å². The molecule has 2 aliphatic heterocycles. The van der Waals surface area contributed by atoms with E-state index in [2.05, 4.69) is 31.4 Å². The second kappa shape index (κ2) is 7.16. The Morgan fingerprint density at radius 2 is 1.21 bits per heavy atom. The minimum atomic E-state index is -0.221. The predicted octanol–water partition coefficient (Wildman–Crippen LogP) is 2.02. The molecule has 28 heavy (non-hydrogen) atoms. The highest BCUT2D eigenvalue weighted by molar-refractivity contribution is 5.98. The van der Waals surface area contributed by atoms with Crippen molar-refractivity contribution in [2.45, 2.75) is 71.8 Å². The molecule has 0 bridgehead atoms. The van der Waals surface area contributed by atoms with Crippen LogP contribution in [0.1, 0.15) is 51.0 Å². The average molecular weight is 386 g/mol. The lowest BCUT2D eigenvalue weighted by molar-refractivity contribution is -0.123. The van der Waals surface area contributed by atoms with Crippen molar-refractivity contribution in [3.05, 3.63) is 33.4 Å². The second-order valence-electron chi connectivity index (χ2n) is 8.57. The van der Waals surface area contributed by atoms with Gasteiger partial charge in [0.2, 0.25) is 5.91 Å². The molecule has 0 spiro atoms. The lowest BCUT2D eigenvalue weighted by atomic mass is 9.89. The summed E-state index contributed by atoms with van der Waals surface area (Å²) < 4.78 is 11.8. The van der Waals surface area contributed by atoms with E-state index in [1.165, 1.54) is 5.56 Å². The summed E-state index contributed by atoms with van der Waals surface area (Å²) in [6.07, 6.45) is 1.53. The zero-order valence-corrected chi connectivity index (χ0v) is 17.3. The highest BCUT2D eigenvalue weighted by Crippen LogP contribution is 2.32. The number of carbonyl (C=O) groups excluding carboxylic acids is 2. The van der Waals surface area contributed by atoms with Crippen LogP contribution in [0.3, 0.4) is 0 Å². The molecule has 152 valence electrons. The fraction of sp³-hybridized carbons (Fsp3) is 0.636. The highest BCUT2D eigenvalue weighted by Gasteiger charge is 2.49. The number of carbonyl (C=O) groups is 2. The molecule has 4 atom stereocenters. The lowest BCUT2D eigenvalue weighted by Gasteiger charge is -2.22. The minimum Gasteiger partial charge on any atom is -0.371 e. The summed E-state index contributed by atoms with van der Waals surface area (Å²) in [5, 5.41) is 6.19. The molecule has 6 nitrogen and oxygen atoms in total. The maximum Gasteiger partial charge on any atom is 0.252 e. The second-order valence-corrected chi connectivity index (χ2v) is 8.57. The van der Waals surface area contributed by atoms with Crippen LogP contribution in [0, 0.1) is 40.5 Å². The van der Waals surface area contributed by atoms with Crippen molar-refractivity contribution in [1.29, 1.82) is 0 Å². The van der Waals surface area contributed by atoms with Crippen LogP contribution in [-0.2, 0) is 14.3 Å². The molecule has 4 rings (SSSR count). The number of hydrogen-bond donors (Lipinski definition) is 2. The first-order chi connectivity index (χ1) is 13.3. The van der Waals surface area contributed by atoms with Gasteiger partial charge in [-0.25, -0.2) is 0 Å². The van der Waals surface area contributed by atoms with E-state index < -0.39 is 0 Å². The number of hydrogen-bond acceptors (Lipinski definition) is 4. The summed E-state index contributed by atoms with van der Waals surface area (Å²) in [5.74, 6) is 0.182. The third kappa shape index (κ3) is 3.22. The molecular weight excluding hydrogens is 356 g/mol. The molecule has 2 heterocycles. The molecule has 2 amide bonds. The van der Waals surface area contributed by atoms with Crippen LogP contribution in [0.5, 0.6) is 0 Å². The number of fused-ring (bicyclic) bond motifs is 1. The zero-order chi connectivity index (χ0) is 20.2. The van der Waals surface area contributed by atoms with Gasteiger partial charge in [0.05, 0.1) is 25.3 Å². The first-order valence-corrected chi connectivity index (χ1v) is 10.2. The first kappa shape index (κ1) is 19.4. The maximum absolute atomic E-state index is 13.1. The predicted molar refractivity (Wildman–Crippen MR) is 106 cm³/mol. The van der Waals surface area contributed by atoms with Gasteiger partial charge in [0.15, 0.2) is 0 Å². The Balaban J connectivity index is 1.46. The Bertz CT molecular complexity index is 801. The maximum atomic E-state index is 13.1. The van der Waals surface area contributed by atoms with Gasteiger partial charge in [-0.3, -0.25) is 9.59 Å². The first-order valence-electron chi connectivity index (χ1n) is 10.2. The third-order valence-electron chi connectivity index (χ3n) is 6.87. The van der Waals surface area contributed by atoms with Gasteiger partial charge in [0.1, 0.15) is 12.2 Å². The topological polar surface area (TPSA) is 76.7 Å². The van der Waals surface area contributed by atoms with Crippen molar-refractivity contribution < 1.29 is 19.1 Å². The molecule has 1 aliphatic carbocycles. The number of benzene rings is 1. The van der Waals surface area contributed by atoms with Crippen molar-refractivity contribution in [2.24, 2.45) is 5.92 Å². The van der Waals surface area contributed by atoms with E-state index in [0.29, 0.717) is 13.2 Å². The summed E-state index contributed by atoms with van der Waals surface area (Å²) in [4.78, 5) is 25.2. The van der Waals surface area contributed by atoms with Crippen LogP contribution in [0.25, 0.3) is 0 Å². The summed E-state index contributed by atoms with van der Waals surface area (Å²) in [6.45, 7) is 11.1. The Morgan fingerprint density at radius 1 is 0.750 bits per heavy atom. The van der Waals surface area contributed by atoms with Gasteiger partial charge in [-0.2, -0.15) is 0 Å². The Hall–Kier alpha value is -1.92. The van der Waals surface area contributed by atoms with Crippen LogP contribution >= 0.6 is 0 Å². The number of nitrogens with one attached hydrogen (secondary N) is 2. The fourth-order valence-electron chi connectivity index (χ4n) is 4.47. The van der Waals surface area contributed by atoms with Gasteiger partial charge in [0, 0.05) is 11.5 Å². The van der Waals surface area contributed by atoms with Gasteiger partial charge in [0.25, 0.3) is 5.91 Å². The van der Waals surface area contributed by atoms with E-state index in [9.17, 15) is 9.59 Å². The summed E-state index contributed by atoms with van der Waals surface area (Å²) in [5.41, 5.74) is 6.36. The fourth-order valence-corrected chi connectivity index (χ4v) is 4.47. The van der Waals surface area contributed by atoms with Crippen molar-refractivity contribution in [1.82, 2.24) is 10.6 Å². The molecule has 1 saturated carbocycles. The molecule has 0 aromatic heterocycles. The smallest absolute Gasteiger partial charge is 0.252 e. The molecule has 2 saturated heterocycles. The van der Waals surface area contributed by atoms with Crippen molar-refractivity contribution in [2.75, 3.05) is 13.2 Å². The van der Waals surface area contributed by atoms with Crippen LogP contribution in [0.15, 0.2) is 0 Å². The van der Waals surface area contributed by atoms with Gasteiger partial charge < -0.3 is 20.1 Å². The lowest BCUT2D eigenvalue weighted by Crippen LogP contribution is -2.47. The average Bonchev–Trinajstić information content (AvgIpc) is 3.34. The number of amides is 2. The van der Waals surface area contributed by atoms with Crippen molar-refractivity contribution in [3.8, 4) is 0 Å². The summed E-state index contributed by atoms with van der Waals surface area (Å²) in [6, 6.07) is -0.339. The monoisotopic (exact) mass is 386 g/mol. The molecule has 3 fully saturated rings. The van der Waals surface area contributed by atoms with E-state index in [1.54, 1.807) is 0 Å². The van der Waals surface area contributed by atoms with Gasteiger partial charge >= 0.3 is 0 Å². The van der Waals surface area contributed by atoms with Crippen LogP contribution in [-0.4, -0.2) is 49.3 Å². The standard InChI is InChI=1S/C22H30N2O4/c1-10-11(2)13(4)18(14(5)12(10)3)22(26)24-17-9-28-19-16(8-27-20(17)19)23-21(25)15-6-7-15/h15-17,19-20H,6-9H2,1-5H3,(H,23,25)(H,24,26)/t16-,17-,19+,20+/m0/s1. The Morgan fingerprint density at radius 3 is 1.71 bits per heavy atom. The molecule has 6 heteroatoms. The zero-order valence-electron chi connectivity index (χ0n) is 17.3. The van der Waals surface area contributed by atoms with E-state index in [-0.39, 0.29) is 42.0 Å². The molecule has 0 radical (unpaired) electrons. The third-order valence-corrected chi connectivity index (χ3v) is 6.87. The number of ether oxygens (including phenoxy) is 2. The Labute approximate surface area is 166 Å². The molecule has 0 unspecified atom stereocenters. The highest BCUT2D eigenvalue weighted by atomic mass is 16.6. The summed E-state index contributed by atoms with van der Waals surface area (Å²) in [7, 11) is 0. The van der Waals surface area contributed by atoms with Crippen molar-refractivity contribution >= 4 is 11.8 Å². The summed E-state index contributed by atoms with van der Waals surface area (Å²) >= 11 is 0. The Kier molecular flexibility index (Phi) is 4.96. The normalized spacial score (nSPS) is 28.9. The molecule has 2 N–H and O–H groups in total. The van der Waals surface area contributed by atoms with Gasteiger partial charge in [-0.05, 0) is 75.3 Å². The van der Waals surface area contributed by atoms with Crippen molar-refractivity contribution in [3.63, 3.8) is 0 Å². The number of rotatable bonds is 4. The molecular formula is C22H30N2O4.